The van der Waals surface area contributed by atoms with Crippen LogP contribution in [0.5, 0.6) is 0 Å². The standard InChI is InChI=1S/C21H18N2O3/c24-20(14-9-11-15(12-10-14)23(25)26)13-22-21-18-7-3-1-5-16(18)17-6-2-4-8-19(17)21/h1-12,20-22,24H,13H2/p+1/t20-/m1/s1. The Morgan fingerprint density at radius 1 is 0.923 bits per heavy atom. The van der Waals surface area contributed by atoms with Crippen molar-refractivity contribution in [3.05, 3.63) is 99.6 Å². The summed E-state index contributed by atoms with van der Waals surface area (Å²) in [6, 6.07) is 22.9. The number of nitrogens with two attached hydrogens (primary N) is 1. The molecule has 0 unspecified atom stereocenters. The third kappa shape index (κ3) is 2.87. The predicted octanol–water partition coefficient (Wildman–Crippen LogP) is 2.96. The number of non-ortho nitro benzene ring substituents is 1. The number of fused-ring (bicyclic) bond motifs is 3. The minimum atomic E-state index is -0.685. The van der Waals surface area contributed by atoms with Crippen molar-refractivity contribution in [2.45, 2.75) is 12.1 Å². The average Bonchev–Trinajstić information content (AvgIpc) is 3.00. The Bertz CT molecular complexity index is 908. The fourth-order valence-corrected chi connectivity index (χ4v) is 3.67. The zero-order valence-corrected chi connectivity index (χ0v) is 14.1. The molecule has 26 heavy (non-hydrogen) atoms. The van der Waals surface area contributed by atoms with E-state index in [1.165, 1.54) is 34.4 Å². The van der Waals surface area contributed by atoms with E-state index >= 15 is 0 Å². The van der Waals surface area contributed by atoms with Gasteiger partial charge in [0.2, 0.25) is 0 Å². The number of nitrogens with zero attached hydrogens (tertiary/aromatic N) is 1. The van der Waals surface area contributed by atoms with Crippen LogP contribution in [0.2, 0.25) is 0 Å². The molecule has 0 amide bonds. The molecule has 4 rings (SSSR count). The van der Waals surface area contributed by atoms with Crippen molar-refractivity contribution in [3.8, 4) is 11.1 Å². The van der Waals surface area contributed by atoms with E-state index in [-0.39, 0.29) is 11.7 Å². The second-order valence-electron chi connectivity index (χ2n) is 6.49. The fraction of sp³-hybridized carbons (Fsp3) is 0.143. The minimum absolute atomic E-state index is 0.0311. The highest BCUT2D eigenvalue weighted by atomic mass is 16.6. The minimum Gasteiger partial charge on any atom is -0.382 e. The van der Waals surface area contributed by atoms with Crippen LogP contribution in [-0.4, -0.2) is 16.6 Å². The highest BCUT2D eigenvalue weighted by Gasteiger charge is 2.31. The highest BCUT2D eigenvalue weighted by Crippen LogP contribution is 2.41. The van der Waals surface area contributed by atoms with E-state index in [0.29, 0.717) is 12.1 Å². The number of hydrogen-bond acceptors (Lipinski definition) is 3. The summed E-state index contributed by atoms with van der Waals surface area (Å²) in [6.07, 6.45) is -0.685. The summed E-state index contributed by atoms with van der Waals surface area (Å²) in [7, 11) is 0. The van der Waals surface area contributed by atoms with E-state index in [2.05, 4.69) is 29.6 Å². The molecular formula is C21H19N2O3+. The van der Waals surface area contributed by atoms with Crippen molar-refractivity contribution in [1.82, 2.24) is 0 Å². The van der Waals surface area contributed by atoms with Crippen LogP contribution in [0.1, 0.15) is 28.8 Å². The fourth-order valence-electron chi connectivity index (χ4n) is 3.67. The van der Waals surface area contributed by atoms with E-state index in [4.69, 9.17) is 0 Å². The van der Waals surface area contributed by atoms with Crippen molar-refractivity contribution >= 4 is 5.69 Å². The largest absolute Gasteiger partial charge is 0.382 e. The van der Waals surface area contributed by atoms with Crippen LogP contribution in [0.4, 0.5) is 5.69 Å². The molecular weight excluding hydrogens is 328 g/mol. The Labute approximate surface area is 151 Å². The summed E-state index contributed by atoms with van der Waals surface area (Å²) >= 11 is 0. The van der Waals surface area contributed by atoms with Gasteiger partial charge in [0.1, 0.15) is 18.7 Å². The van der Waals surface area contributed by atoms with Crippen LogP contribution in [-0.2, 0) is 0 Å². The lowest BCUT2D eigenvalue weighted by molar-refractivity contribution is -0.692. The maximum atomic E-state index is 10.8. The molecule has 0 radical (unpaired) electrons. The first-order valence-electron chi connectivity index (χ1n) is 8.59. The molecule has 0 saturated carbocycles. The Morgan fingerprint density at radius 3 is 2.00 bits per heavy atom. The lowest BCUT2D eigenvalue weighted by Crippen LogP contribution is -2.86. The number of aliphatic hydroxyl groups is 1. The smallest absolute Gasteiger partial charge is 0.269 e. The SMILES string of the molecule is O=[N+]([O-])c1ccc([C@H](O)C[NH2+]C2c3ccccc3-c3ccccc32)cc1. The second kappa shape index (κ2) is 6.71. The highest BCUT2D eigenvalue weighted by molar-refractivity contribution is 5.77. The molecule has 0 spiro atoms. The van der Waals surface area contributed by atoms with Gasteiger partial charge in [-0.05, 0) is 28.8 Å². The Morgan fingerprint density at radius 2 is 1.46 bits per heavy atom. The third-order valence-corrected chi connectivity index (χ3v) is 4.97. The number of aliphatic hydroxyl groups excluding tert-OH is 1. The van der Waals surface area contributed by atoms with Gasteiger partial charge in [0.05, 0.1) is 4.92 Å². The maximum Gasteiger partial charge on any atom is 0.269 e. The van der Waals surface area contributed by atoms with Gasteiger partial charge in [-0.3, -0.25) is 10.1 Å². The lowest BCUT2D eigenvalue weighted by atomic mass is 10.0. The first-order chi connectivity index (χ1) is 12.6. The van der Waals surface area contributed by atoms with E-state index in [9.17, 15) is 15.2 Å². The number of hydrogen-bond donors (Lipinski definition) is 2. The number of nitro groups is 1. The maximum absolute atomic E-state index is 10.8. The van der Waals surface area contributed by atoms with Crippen LogP contribution in [0.15, 0.2) is 72.8 Å². The number of quaternary nitrogens is 1. The molecule has 3 aromatic rings. The summed E-state index contributed by atoms with van der Waals surface area (Å²) < 4.78 is 0. The topological polar surface area (TPSA) is 80.0 Å². The van der Waals surface area contributed by atoms with Gasteiger partial charge in [-0.1, -0.05) is 48.5 Å². The van der Waals surface area contributed by atoms with E-state index in [1.54, 1.807) is 12.1 Å². The molecule has 1 atom stereocenters. The monoisotopic (exact) mass is 347 g/mol. The lowest BCUT2D eigenvalue weighted by Gasteiger charge is -2.16. The van der Waals surface area contributed by atoms with Gasteiger partial charge < -0.3 is 10.4 Å². The molecule has 0 aromatic heterocycles. The van der Waals surface area contributed by atoms with Crippen molar-refractivity contribution in [2.24, 2.45) is 0 Å². The Balaban J connectivity index is 1.53. The van der Waals surface area contributed by atoms with Crippen molar-refractivity contribution in [3.63, 3.8) is 0 Å². The normalized spacial score (nSPS) is 13.9. The molecule has 0 aliphatic heterocycles. The number of rotatable bonds is 5. The molecule has 0 bridgehead atoms. The summed E-state index contributed by atoms with van der Waals surface area (Å²) in [6.45, 7) is 0.477. The van der Waals surface area contributed by atoms with Crippen molar-refractivity contribution in [2.75, 3.05) is 6.54 Å². The summed E-state index contributed by atoms with van der Waals surface area (Å²) in [5.74, 6) is 0. The molecule has 0 saturated heterocycles. The molecule has 1 aliphatic carbocycles. The Kier molecular flexibility index (Phi) is 4.24. The van der Waals surface area contributed by atoms with Crippen LogP contribution >= 0.6 is 0 Å². The predicted molar refractivity (Wildman–Crippen MR) is 98.6 cm³/mol. The van der Waals surface area contributed by atoms with Gasteiger partial charge in [-0.15, -0.1) is 0 Å². The number of nitro benzene ring substituents is 1. The third-order valence-electron chi connectivity index (χ3n) is 4.97. The molecule has 0 heterocycles. The first kappa shape index (κ1) is 16.4. The zero-order chi connectivity index (χ0) is 18.1. The van der Waals surface area contributed by atoms with Crippen LogP contribution < -0.4 is 5.32 Å². The zero-order valence-electron chi connectivity index (χ0n) is 14.1. The van der Waals surface area contributed by atoms with Gasteiger partial charge in [0, 0.05) is 23.3 Å². The van der Waals surface area contributed by atoms with E-state index in [1.807, 2.05) is 24.3 Å². The van der Waals surface area contributed by atoms with E-state index < -0.39 is 11.0 Å². The molecule has 5 heteroatoms. The van der Waals surface area contributed by atoms with Gasteiger partial charge in [0.15, 0.2) is 0 Å². The van der Waals surface area contributed by atoms with Gasteiger partial charge >= 0.3 is 0 Å². The molecule has 1 aliphatic rings. The second-order valence-corrected chi connectivity index (χ2v) is 6.49. The average molecular weight is 347 g/mol. The molecule has 130 valence electrons. The van der Waals surface area contributed by atoms with Crippen LogP contribution in [0.3, 0.4) is 0 Å². The first-order valence-corrected chi connectivity index (χ1v) is 8.59. The number of benzene rings is 3. The summed E-state index contributed by atoms with van der Waals surface area (Å²) in [5.41, 5.74) is 5.72. The van der Waals surface area contributed by atoms with Crippen molar-refractivity contribution < 1.29 is 15.3 Å². The molecule has 5 nitrogen and oxygen atoms in total. The summed E-state index contributed by atoms with van der Waals surface area (Å²) in [4.78, 5) is 10.3. The Hall–Kier alpha value is -3.02. The van der Waals surface area contributed by atoms with Gasteiger partial charge in [0.25, 0.3) is 5.69 Å². The van der Waals surface area contributed by atoms with Crippen molar-refractivity contribution in [1.29, 1.82) is 0 Å². The van der Waals surface area contributed by atoms with Crippen LogP contribution in [0.25, 0.3) is 11.1 Å². The summed E-state index contributed by atoms with van der Waals surface area (Å²) in [5, 5.41) is 23.4. The molecule has 0 fully saturated rings. The van der Waals surface area contributed by atoms with Gasteiger partial charge in [-0.25, -0.2) is 0 Å². The van der Waals surface area contributed by atoms with Crippen LogP contribution in [0, 0.1) is 10.1 Å². The van der Waals surface area contributed by atoms with Gasteiger partial charge in [-0.2, -0.15) is 0 Å². The molecule has 3 aromatic carbocycles. The quantitative estimate of drug-likeness (QED) is 0.550. The van der Waals surface area contributed by atoms with E-state index in [0.717, 1.165) is 0 Å². The molecule has 3 N–H and O–H groups in total.